The fraction of sp³-hybridized carbons (Fsp3) is 0. The molecule has 0 amide bonds. The molecule has 4 aromatic heterocycles. The zero-order chi connectivity index (χ0) is 36.0. The molecule has 0 saturated carbocycles. The molecule has 0 aliphatic heterocycles. The average Bonchev–Trinajstić information content (AvgIpc) is 3.91. The number of hydrogen-bond donors (Lipinski definition) is 0. The molecule has 0 saturated heterocycles. The summed E-state index contributed by atoms with van der Waals surface area (Å²) in [5.74, 6) is 0.668. The third kappa shape index (κ3) is 4.51. The first kappa shape index (κ1) is 30.4. The molecule has 5 heteroatoms. The summed E-state index contributed by atoms with van der Waals surface area (Å²) in [6.45, 7) is 0. The maximum absolute atomic E-state index is 5.50. The molecule has 0 radical (unpaired) electrons. The van der Waals surface area contributed by atoms with E-state index in [0.717, 1.165) is 44.4 Å². The van der Waals surface area contributed by atoms with Gasteiger partial charge in [0.05, 0.1) is 38.0 Å². The van der Waals surface area contributed by atoms with Crippen molar-refractivity contribution in [1.29, 1.82) is 0 Å². The maximum atomic E-state index is 5.50. The zero-order valence-corrected chi connectivity index (χ0v) is 30.3. The first-order chi connectivity index (χ1) is 27.3. The van der Waals surface area contributed by atoms with Crippen molar-refractivity contribution in [3.05, 3.63) is 182 Å². The van der Waals surface area contributed by atoms with Crippen molar-refractivity contribution in [3.63, 3.8) is 0 Å². The van der Waals surface area contributed by atoms with Gasteiger partial charge in [0.1, 0.15) is 0 Å². The van der Waals surface area contributed by atoms with Crippen LogP contribution >= 0.6 is 11.3 Å². The average molecular weight is 719 g/mol. The molecule has 0 spiro atoms. The monoisotopic (exact) mass is 718 g/mol. The Labute approximate surface area is 319 Å². The quantitative estimate of drug-likeness (QED) is 0.182. The summed E-state index contributed by atoms with van der Waals surface area (Å²) in [5, 5.41) is 8.36. The largest absolute Gasteiger partial charge is 0.309 e. The molecule has 0 bridgehead atoms. The van der Waals surface area contributed by atoms with Crippen LogP contribution in [-0.4, -0.2) is 19.1 Å². The second-order valence-electron chi connectivity index (χ2n) is 14.2. The van der Waals surface area contributed by atoms with Gasteiger partial charge in [-0.2, -0.15) is 0 Å². The number of rotatable bonds is 4. The smallest absolute Gasteiger partial charge is 0.235 e. The van der Waals surface area contributed by atoms with Gasteiger partial charge in [0, 0.05) is 53.7 Å². The molecule has 0 aliphatic rings. The Morgan fingerprint density at radius 2 is 0.945 bits per heavy atom. The van der Waals surface area contributed by atoms with Crippen molar-refractivity contribution in [2.45, 2.75) is 0 Å². The lowest BCUT2D eigenvalue weighted by atomic mass is 10.0. The zero-order valence-electron chi connectivity index (χ0n) is 29.5. The minimum atomic E-state index is 0.668. The number of nitrogens with zero attached hydrogens (tertiary/aromatic N) is 4. The lowest BCUT2D eigenvalue weighted by Crippen LogP contribution is -2.03. The molecule has 55 heavy (non-hydrogen) atoms. The van der Waals surface area contributed by atoms with Gasteiger partial charge in [-0.05, 0) is 65.7 Å². The third-order valence-corrected chi connectivity index (χ3v) is 12.3. The highest BCUT2D eigenvalue weighted by Crippen LogP contribution is 2.42. The van der Waals surface area contributed by atoms with Crippen LogP contribution in [0.4, 0.5) is 0 Å². The van der Waals surface area contributed by atoms with E-state index in [-0.39, 0.29) is 0 Å². The van der Waals surface area contributed by atoms with Gasteiger partial charge < -0.3 is 4.57 Å². The van der Waals surface area contributed by atoms with Crippen LogP contribution in [0.3, 0.4) is 0 Å². The van der Waals surface area contributed by atoms with E-state index in [1.54, 1.807) is 0 Å². The highest BCUT2D eigenvalue weighted by molar-refractivity contribution is 7.26. The lowest BCUT2D eigenvalue weighted by molar-refractivity contribution is 1.02. The molecule has 0 N–H and O–H groups in total. The van der Waals surface area contributed by atoms with Gasteiger partial charge in [0.15, 0.2) is 0 Å². The van der Waals surface area contributed by atoms with Crippen LogP contribution < -0.4 is 0 Å². The third-order valence-electron chi connectivity index (χ3n) is 11.1. The van der Waals surface area contributed by atoms with Crippen LogP contribution in [0, 0.1) is 0 Å². The molecular weight excluding hydrogens is 689 g/mol. The number of para-hydroxylation sites is 3. The topological polar surface area (TPSA) is 35.6 Å². The Bertz CT molecular complexity index is 3480. The summed E-state index contributed by atoms with van der Waals surface area (Å²) in [4.78, 5) is 10.9. The molecule has 8 aromatic carbocycles. The predicted octanol–water partition coefficient (Wildman–Crippen LogP) is 13.5. The van der Waals surface area contributed by atoms with E-state index in [2.05, 4.69) is 191 Å². The summed E-state index contributed by atoms with van der Waals surface area (Å²) in [5.41, 5.74) is 11.0. The molecule has 0 unspecified atom stereocenters. The van der Waals surface area contributed by atoms with Crippen molar-refractivity contribution in [3.8, 4) is 34.0 Å². The highest BCUT2D eigenvalue weighted by Gasteiger charge is 2.21. The first-order valence-corrected chi connectivity index (χ1v) is 19.4. The Kier molecular flexibility index (Phi) is 6.47. The van der Waals surface area contributed by atoms with Crippen molar-refractivity contribution in [2.75, 3.05) is 0 Å². The molecule has 0 atom stereocenters. The fourth-order valence-corrected chi connectivity index (χ4v) is 9.85. The molecular formula is C50H30N4S. The lowest BCUT2D eigenvalue weighted by Gasteiger charge is -2.13. The van der Waals surface area contributed by atoms with Crippen molar-refractivity contribution >= 4 is 86.0 Å². The minimum absolute atomic E-state index is 0.668. The molecule has 12 aromatic rings. The van der Waals surface area contributed by atoms with Gasteiger partial charge in [-0.15, -0.1) is 11.3 Å². The SMILES string of the molecule is c1ccc(-c2nc(-n3c4ccccc4c4ccc(-c5ccc6c(c5)c5ccccc5n6-c5ccccc5)cc43)nc3c2ccc2c4ccccc4sc23)cc1. The van der Waals surface area contributed by atoms with Crippen LogP contribution in [0.25, 0.3) is 109 Å². The van der Waals surface area contributed by atoms with Crippen molar-refractivity contribution < 1.29 is 0 Å². The van der Waals surface area contributed by atoms with Gasteiger partial charge in [-0.1, -0.05) is 127 Å². The second kappa shape index (κ2) is 11.7. The van der Waals surface area contributed by atoms with E-state index < -0.39 is 0 Å². The Balaban J connectivity index is 1.13. The van der Waals surface area contributed by atoms with Gasteiger partial charge in [0.2, 0.25) is 5.95 Å². The summed E-state index contributed by atoms with van der Waals surface area (Å²) < 4.78 is 7.08. The van der Waals surface area contributed by atoms with Gasteiger partial charge in [-0.25, -0.2) is 9.97 Å². The van der Waals surface area contributed by atoms with E-state index in [9.17, 15) is 0 Å². The normalized spacial score (nSPS) is 12.0. The van der Waals surface area contributed by atoms with Gasteiger partial charge in [0.25, 0.3) is 0 Å². The summed E-state index contributed by atoms with van der Waals surface area (Å²) in [7, 11) is 0. The minimum Gasteiger partial charge on any atom is -0.309 e. The summed E-state index contributed by atoms with van der Waals surface area (Å²) in [6.07, 6.45) is 0. The van der Waals surface area contributed by atoms with Gasteiger partial charge in [-0.3, -0.25) is 4.57 Å². The summed E-state index contributed by atoms with van der Waals surface area (Å²) >= 11 is 1.81. The maximum Gasteiger partial charge on any atom is 0.235 e. The fourth-order valence-electron chi connectivity index (χ4n) is 8.65. The van der Waals surface area contributed by atoms with Crippen molar-refractivity contribution in [2.24, 2.45) is 0 Å². The predicted molar refractivity (Wildman–Crippen MR) is 232 cm³/mol. The number of thiophene rings is 1. The number of benzene rings is 8. The second-order valence-corrected chi connectivity index (χ2v) is 15.2. The van der Waals surface area contributed by atoms with E-state index in [1.165, 1.54) is 58.3 Å². The standard InChI is InChI=1S/C50H30N4S/c1-3-13-31(14-4-1)47-40-27-26-39-38-19-9-12-22-46(38)55-49(39)48(40)52-50(51-47)54-43-21-11-7-17-35(43)37-25-23-33(30-45(37)54)32-24-28-44-41(29-32)36-18-8-10-20-42(36)53(44)34-15-5-2-6-16-34/h1-30H. The molecule has 0 fully saturated rings. The number of aromatic nitrogens is 4. The van der Waals surface area contributed by atoms with Crippen LogP contribution in [-0.2, 0) is 0 Å². The molecule has 0 aliphatic carbocycles. The van der Waals surface area contributed by atoms with Gasteiger partial charge >= 0.3 is 0 Å². The molecule has 4 nitrogen and oxygen atoms in total. The number of fused-ring (bicyclic) bond motifs is 11. The van der Waals surface area contributed by atoms with E-state index in [1.807, 2.05) is 11.3 Å². The Morgan fingerprint density at radius 3 is 1.76 bits per heavy atom. The van der Waals surface area contributed by atoms with Crippen LogP contribution in [0.5, 0.6) is 0 Å². The Hall–Kier alpha value is -7.08. The highest BCUT2D eigenvalue weighted by atomic mass is 32.1. The van der Waals surface area contributed by atoms with Crippen LogP contribution in [0.2, 0.25) is 0 Å². The van der Waals surface area contributed by atoms with E-state index in [4.69, 9.17) is 9.97 Å². The first-order valence-electron chi connectivity index (χ1n) is 18.6. The number of hydrogen-bond acceptors (Lipinski definition) is 3. The van der Waals surface area contributed by atoms with Crippen LogP contribution in [0.15, 0.2) is 182 Å². The molecule has 4 heterocycles. The van der Waals surface area contributed by atoms with E-state index in [0.29, 0.717) is 5.95 Å². The molecule has 256 valence electrons. The van der Waals surface area contributed by atoms with E-state index >= 15 is 0 Å². The summed E-state index contributed by atoms with van der Waals surface area (Å²) in [6, 6.07) is 65.3. The van der Waals surface area contributed by atoms with Crippen LogP contribution in [0.1, 0.15) is 0 Å². The van der Waals surface area contributed by atoms with Crippen molar-refractivity contribution in [1.82, 2.24) is 19.1 Å². The molecule has 12 rings (SSSR count). The Morgan fingerprint density at radius 1 is 0.364 bits per heavy atom.